The van der Waals surface area contributed by atoms with Gasteiger partial charge in [-0.25, -0.2) is 14.0 Å². The Morgan fingerprint density at radius 1 is 1.04 bits per heavy atom. The van der Waals surface area contributed by atoms with Crippen LogP contribution in [0.4, 0.5) is 10.1 Å². The van der Waals surface area contributed by atoms with Crippen LogP contribution in [-0.4, -0.2) is 38.7 Å². The van der Waals surface area contributed by atoms with Gasteiger partial charge in [-0.3, -0.25) is 4.79 Å². The number of hydrogen-bond donors (Lipinski definition) is 1. The monoisotopic (exact) mass is 395 g/mol. The van der Waals surface area contributed by atoms with E-state index in [4.69, 9.17) is 16.3 Å². The van der Waals surface area contributed by atoms with Gasteiger partial charge in [0.2, 0.25) is 0 Å². The van der Waals surface area contributed by atoms with Gasteiger partial charge in [0.25, 0.3) is 5.91 Å². The Balaban J connectivity index is 2.16. The number of carbonyl (C=O) groups excluding carboxylic acids is 3. The van der Waals surface area contributed by atoms with Crippen molar-refractivity contribution < 1.29 is 33.0 Å². The van der Waals surface area contributed by atoms with Crippen LogP contribution in [0.15, 0.2) is 36.4 Å². The highest BCUT2D eigenvalue weighted by Crippen LogP contribution is 2.25. The van der Waals surface area contributed by atoms with E-state index in [1.54, 1.807) is 0 Å². The van der Waals surface area contributed by atoms with E-state index in [1.165, 1.54) is 38.5 Å². The van der Waals surface area contributed by atoms with Crippen LogP contribution in [0.1, 0.15) is 20.7 Å². The van der Waals surface area contributed by atoms with Crippen molar-refractivity contribution in [1.82, 2.24) is 0 Å². The summed E-state index contributed by atoms with van der Waals surface area (Å²) in [6, 6.07) is 7.43. The number of ether oxygens (including phenoxy) is 3. The third-order valence-corrected chi connectivity index (χ3v) is 3.67. The molecule has 27 heavy (non-hydrogen) atoms. The lowest BCUT2D eigenvalue weighted by Gasteiger charge is -2.12. The Morgan fingerprint density at radius 2 is 1.74 bits per heavy atom. The summed E-state index contributed by atoms with van der Waals surface area (Å²) in [7, 11) is 2.39. The van der Waals surface area contributed by atoms with Gasteiger partial charge < -0.3 is 19.5 Å². The third-order valence-electron chi connectivity index (χ3n) is 3.37. The van der Waals surface area contributed by atoms with Gasteiger partial charge in [0.1, 0.15) is 11.6 Å². The number of methoxy groups -OCH3 is 2. The highest BCUT2D eigenvalue weighted by Gasteiger charge is 2.18. The first-order valence-corrected chi connectivity index (χ1v) is 7.92. The number of esters is 2. The van der Waals surface area contributed by atoms with Gasteiger partial charge >= 0.3 is 11.9 Å². The quantitative estimate of drug-likeness (QED) is 0.756. The molecule has 2 aromatic rings. The summed E-state index contributed by atoms with van der Waals surface area (Å²) in [4.78, 5) is 35.7. The zero-order chi connectivity index (χ0) is 20.0. The van der Waals surface area contributed by atoms with E-state index < -0.39 is 30.3 Å². The number of rotatable bonds is 6. The lowest BCUT2D eigenvalue weighted by Crippen LogP contribution is -2.22. The first-order chi connectivity index (χ1) is 12.8. The fourth-order valence-corrected chi connectivity index (χ4v) is 2.32. The molecule has 2 rings (SSSR count). The second kappa shape index (κ2) is 9.00. The maximum Gasteiger partial charge on any atom is 0.339 e. The first kappa shape index (κ1) is 20.2. The fraction of sp³-hybridized carbons (Fsp3) is 0.167. The second-order valence-electron chi connectivity index (χ2n) is 5.16. The van der Waals surface area contributed by atoms with Crippen molar-refractivity contribution >= 4 is 35.1 Å². The molecule has 0 aliphatic rings. The minimum Gasteiger partial charge on any atom is -0.482 e. The molecule has 142 valence electrons. The molecule has 9 heteroatoms. The molecule has 0 fully saturated rings. The van der Waals surface area contributed by atoms with Gasteiger partial charge in [-0.05, 0) is 36.4 Å². The summed E-state index contributed by atoms with van der Waals surface area (Å²) in [6.07, 6.45) is 0. The van der Waals surface area contributed by atoms with Gasteiger partial charge in [-0.2, -0.15) is 0 Å². The van der Waals surface area contributed by atoms with E-state index in [2.05, 4.69) is 14.8 Å². The van der Waals surface area contributed by atoms with Crippen molar-refractivity contribution in [2.45, 2.75) is 0 Å². The molecule has 0 saturated carbocycles. The molecule has 1 amide bonds. The van der Waals surface area contributed by atoms with Crippen LogP contribution >= 0.6 is 11.6 Å². The van der Waals surface area contributed by atoms with Crippen LogP contribution in [0, 0.1) is 5.82 Å². The fourth-order valence-electron chi connectivity index (χ4n) is 2.10. The molecule has 0 unspecified atom stereocenters. The Kier molecular flexibility index (Phi) is 6.73. The van der Waals surface area contributed by atoms with Gasteiger partial charge in [0.05, 0.1) is 36.1 Å². The molecule has 0 atom stereocenters. The van der Waals surface area contributed by atoms with Gasteiger partial charge in [0.15, 0.2) is 6.61 Å². The lowest BCUT2D eigenvalue weighted by molar-refractivity contribution is -0.118. The number of hydrogen-bond acceptors (Lipinski definition) is 6. The van der Waals surface area contributed by atoms with Gasteiger partial charge in [-0.1, -0.05) is 11.6 Å². The van der Waals surface area contributed by atoms with E-state index >= 15 is 0 Å². The van der Waals surface area contributed by atoms with Gasteiger partial charge in [-0.15, -0.1) is 0 Å². The minimum absolute atomic E-state index is 0.00531. The lowest BCUT2D eigenvalue weighted by atomic mass is 10.1. The van der Waals surface area contributed by atoms with Crippen molar-refractivity contribution in [2.75, 3.05) is 26.1 Å². The van der Waals surface area contributed by atoms with Crippen LogP contribution in [-0.2, 0) is 14.3 Å². The summed E-state index contributed by atoms with van der Waals surface area (Å²) in [6.45, 7) is -0.464. The summed E-state index contributed by atoms with van der Waals surface area (Å²) >= 11 is 5.82. The number of amides is 1. The van der Waals surface area contributed by atoms with Crippen molar-refractivity contribution in [1.29, 1.82) is 0 Å². The molecular weight excluding hydrogens is 381 g/mol. The Bertz CT molecular complexity index is 886. The molecule has 0 saturated heterocycles. The molecule has 0 aromatic heterocycles. The number of carbonyl (C=O) groups is 3. The van der Waals surface area contributed by atoms with Crippen molar-refractivity contribution in [3.8, 4) is 5.75 Å². The molecule has 2 aromatic carbocycles. The molecule has 0 aliphatic heterocycles. The van der Waals surface area contributed by atoms with Crippen LogP contribution < -0.4 is 10.1 Å². The van der Waals surface area contributed by atoms with Crippen LogP contribution in [0.2, 0.25) is 5.02 Å². The van der Waals surface area contributed by atoms with Crippen LogP contribution in [0.5, 0.6) is 5.75 Å². The highest BCUT2D eigenvalue weighted by atomic mass is 35.5. The Hall–Kier alpha value is -3.13. The molecule has 0 bridgehead atoms. The first-order valence-electron chi connectivity index (χ1n) is 7.54. The number of anilines is 1. The highest BCUT2D eigenvalue weighted by molar-refractivity contribution is 6.32. The van der Waals surface area contributed by atoms with E-state index in [0.29, 0.717) is 0 Å². The molecule has 7 nitrogen and oxygen atoms in total. The van der Waals surface area contributed by atoms with Crippen molar-refractivity contribution in [3.05, 3.63) is 58.4 Å². The zero-order valence-electron chi connectivity index (χ0n) is 14.4. The van der Waals surface area contributed by atoms with E-state index in [-0.39, 0.29) is 27.6 Å². The Labute approximate surface area is 159 Å². The van der Waals surface area contributed by atoms with Crippen LogP contribution in [0.25, 0.3) is 0 Å². The number of halogens is 2. The van der Waals surface area contributed by atoms with Crippen molar-refractivity contribution in [2.24, 2.45) is 0 Å². The van der Waals surface area contributed by atoms with E-state index in [9.17, 15) is 18.8 Å². The van der Waals surface area contributed by atoms with Crippen molar-refractivity contribution in [3.63, 3.8) is 0 Å². The third kappa shape index (κ3) is 5.18. The van der Waals surface area contributed by atoms with Gasteiger partial charge in [0, 0.05) is 0 Å². The predicted octanol–water partition coefficient (Wildman–Crippen LogP) is 3.07. The zero-order valence-corrected chi connectivity index (χ0v) is 15.1. The SMILES string of the molecule is COC(=O)c1ccc(C(=O)OC)c(NC(=O)COc2ccc(F)cc2Cl)c1. The maximum absolute atomic E-state index is 13.0. The molecule has 0 aliphatic carbocycles. The standard InChI is InChI=1S/C18H15ClFNO6/c1-25-17(23)10-3-5-12(18(24)26-2)14(7-10)21-16(22)9-27-15-6-4-11(20)8-13(15)19/h3-8H,9H2,1-2H3,(H,21,22). The second-order valence-corrected chi connectivity index (χ2v) is 5.56. The minimum atomic E-state index is -0.704. The normalized spacial score (nSPS) is 10.1. The number of benzene rings is 2. The molecular formula is C18H15ClFNO6. The average Bonchev–Trinajstić information content (AvgIpc) is 2.66. The summed E-state index contributed by atoms with van der Waals surface area (Å²) in [5, 5.41) is 2.46. The number of nitrogens with one attached hydrogen (secondary N) is 1. The molecule has 0 spiro atoms. The topological polar surface area (TPSA) is 90.9 Å². The van der Waals surface area contributed by atoms with E-state index in [1.807, 2.05) is 0 Å². The largest absolute Gasteiger partial charge is 0.482 e. The molecule has 1 N–H and O–H groups in total. The summed E-state index contributed by atoms with van der Waals surface area (Å²) in [5.74, 6) is -2.41. The maximum atomic E-state index is 13.0. The summed E-state index contributed by atoms with van der Waals surface area (Å²) < 4.78 is 27.5. The summed E-state index contributed by atoms with van der Waals surface area (Å²) in [5.41, 5.74) is 0.213. The molecule has 0 heterocycles. The predicted molar refractivity (Wildman–Crippen MR) is 94.7 cm³/mol. The van der Waals surface area contributed by atoms with Crippen LogP contribution in [0.3, 0.4) is 0 Å². The average molecular weight is 396 g/mol. The smallest absolute Gasteiger partial charge is 0.339 e. The Morgan fingerprint density at radius 3 is 2.37 bits per heavy atom. The molecule has 0 radical (unpaired) electrons. The van der Waals surface area contributed by atoms with E-state index in [0.717, 1.165) is 12.1 Å².